The summed E-state index contributed by atoms with van der Waals surface area (Å²) in [6, 6.07) is 20.0. The number of anilines is 1. The Bertz CT molecular complexity index is 1280. The zero-order chi connectivity index (χ0) is 24.9. The lowest BCUT2D eigenvalue weighted by atomic mass is 9.95. The summed E-state index contributed by atoms with van der Waals surface area (Å²) in [5.41, 5.74) is 1.46. The predicted molar refractivity (Wildman–Crippen MR) is 133 cm³/mol. The molecule has 3 aromatic rings. The van der Waals surface area contributed by atoms with Crippen LogP contribution < -0.4 is 19.1 Å². The third-order valence-electron chi connectivity index (χ3n) is 5.68. The Morgan fingerprint density at radius 1 is 0.857 bits per heavy atom. The number of benzene rings is 3. The molecule has 1 saturated heterocycles. The van der Waals surface area contributed by atoms with Gasteiger partial charge in [-0.15, -0.1) is 0 Å². The molecule has 0 saturated carbocycles. The van der Waals surface area contributed by atoms with Crippen LogP contribution in [-0.2, 0) is 9.59 Å². The van der Waals surface area contributed by atoms with Gasteiger partial charge in [-0.25, -0.2) is 0 Å². The lowest BCUT2D eigenvalue weighted by molar-refractivity contribution is -0.132. The van der Waals surface area contributed by atoms with Crippen molar-refractivity contribution in [3.63, 3.8) is 0 Å². The molecule has 0 spiro atoms. The minimum absolute atomic E-state index is 0.0151. The van der Waals surface area contributed by atoms with Crippen molar-refractivity contribution < 1.29 is 28.9 Å². The molecular weight excluding hydrogens is 446 g/mol. The summed E-state index contributed by atoms with van der Waals surface area (Å²) in [5, 5.41) is 11.3. The van der Waals surface area contributed by atoms with Crippen molar-refractivity contribution in [3.8, 4) is 17.2 Å². The SMILES string of the molecule is CCOc1cccc(C2/C(=C(\O)c3cccc(OC)c3)C(=O)C(=O)N2c2cccc(OCC)c2)c1. The first kappa shape index (κ1) is 23.9. The molecule has 0 radical (unpaired) electrons. The average molecular weight is 474 g/mol. The lowest BCUT2D eigenvalue weighted by Crippen LogP contribution is -2.29. The molecule has 0 aliphatic carbocycles. The van der Waals surface area contributed by atoms with Crippen molar-refractivity contribution in [3.05, 3.63) is 89.5 Å². The molecule has 1 unspecified atom stereocenters. The van der Waals surface area contributed by atoms with Gasteiger partial charge in [0, 0.05) is 17.3 Å². The fourth-order valence-corrected chi connectivity index (χ4v) is 4.17. The normalized spacial score (nSPS) is 16.9. The van der Waals surface area contributed by atoms with E-state index in [1.54, 1.807) is 72.8 Å². The summed E-state index contributed by atoms with van der Waals surface area (Å²) >= 11 is 0. The van der Waals surface area contributed by atoms with Crippen molar-refractivity contribution in [1.29, 1.82) is 0 Å². The third-order valence-corrected chi connectivity index (χ3v) is 5.68. The number of rotatable bonds is 8. The minimum Gasteiger partial charge on any atom is -0.507 e. The number of nitrogens with zero attached hydrogens (tertiary/aromatic N) is 1. The molecule has 1 aliphatic heterocycles. The summed E-state index contributed by atoms with van der Waals surface area (Å²) in [6.07, 6.45) is 0. The molecule has 1 atom stereocenters. The Labute approximate surface area is 204 Å². The number of Topliss-reactive ketones (excluding diaryl/α,β-unsaturated/α-hetero) is 1. The van der Waals surface area contributed by atoms with Crippen molar-refractivity contribution in [2.75, 3.05) is 25.2 Å². The van der Waals surface area contributed by atoms with Crippen LogP contribution in [0, 0.1) is 0 Å². The molecule has 3 aromatic carbocycles. The highest BCUT2D eigenvalue weighted by molar-refractivity contribution is 6.51. The Morgan fingerprint density at radius 3 is 2.17 bits per heavy atom. The number of aliphatic hydroxyl groups excluding tert-OH is 1. The summed E-state index contributed by atoms with van der Waals surface area (Å²) in [6.45, 7) is 4.66. The Hall–Kier alpha value is -4.26. The summed E-state index contributed by atoms with van der Waals surface area (Å²) in [4.78, 5) is 28.1. The maximum Gasteiger partial charge on any atom is 0.300 e. The molecule has 180 valence electrons. The van der Waals surface area contributed by atoms with Crippen LogP contribution in [0.15, 0.2) is 78.4 Å². The van der Waals surface area contributed by atoms with Crippen molar-refractivity contribution in [2.24, 2.45) is 0 Å². The molecular formula is C28H27NO6. The van der Waals surface area contributed by atoms with Gasteiger partial charge < -0.3 is 19.3 Å². The van der Waals surface area contributed by atoms with E-state index in [4.69, 9.17) is 14.2 Å². The summed E-state index contributed by atoms with van der Waals surface area (Å²) in [5.74, 6) is -0.115. The van der Waals surface area contributed by atoms with Crippen LogP contribution in [0.4, 0.5) is 5.69 Å². The average Bonchev–Trinajstić information content (AvgIpc) is 3.14. The van der Waals surface area contributed by atoms with Gasteiger partial charge >= 0.3 is 0 Å². The second-order valence-electron chi connectivity index (χ2n) is 7.84. The van der Waals surface area contributed by atoms with E-state index in [1.165, 1.54) is 12.0 Å². The second kappa shape index (κ2) is 10.3. The van der Waals surface area contributed by atoms with E-state index in [2.05, 4.69) is 0 Å². The second-order valence-corrected chi connectivity index (χ2v) is 7.84. The van der Waals surface area contributed by atoms with Crippen LogP contribution in [0.3, 0.4) is 0 Å². The number of carbonyl (C=O) groups is 2. The van der Waals surface area contributed by atoms with Crippen LogP contribution in [0.5, 0.6) is 17.2 Å². The first-order valence-electron chi connectivity index (χ1n) is 11.4. The fraction of sp³-hybridized carbons (Fsp3) is 0.214. The highest BCUT2D eigenvalue weighted by Crippen LogP contribution is 2.43. The molecule has 0 aromatic heterocycles. The van der Waals surface area contributed by atoms with Gasteiger partial charge in [-0.3, -0.25) is 14.5 Å². The van der Waals surface area contributed by atoms with E-state index in [0.717, 1.165) is 0 Å². The monoisotopic (exact) mass is 473 g/mol. The standard InChI is InChI=1S/C28H27NO6/c1-4-34-22-13-6-9-18(15-22)25-24(26(30)19-10-7-12-21(16-19)33-3)27(31)28(32)29(25)20-11-8-14-23(17-20)35-5-2/h6-17,25,30H,4-5H2,1-3H3/b26-24+. The molecule has 1 N–H and O–H groups in total. The number of hydrogen-bond acceptors (Lipinski definition) is 6. The minimum atomic E-state index is -0.876. The molecule has 0 bridgehead atoms. The van der Waals surface area contributed by atoms with Crippen LogP contribution >= 0.6 is 0 Å². The quantitative estimate of drug-likeness (QED) is 0.278. The summed E-state index contributed by atoms with van der Waals surface area (Å²) in [7, 11) is 1.52. The number of hydrogen-bond donors (Lipinski definition) is 1. The number of ether oxygens (including phenoxy) is 3. The fourth-order valence-electron chi connectivity index (χ4n) is 4.17. The maximum atomic E-state index is 13.4. The molecule has 1 fully saturated rings. The Kier molecular flexibility index (Phi) is 7.06. The molecule has 35 heavy (non-hydrogen) atoms. The number of methoxy groups -OCH3 is 1. The predicted octanol–water partition coefficient (Wildman–Crippen LogP) is 5.12. The van der Waals surface area contributed by atoms with Crippen molar-refractivity contribution >= 4 is 23.1 Å². The van der Waals surface area contributed by atoms with Gasteiger partial charge in [-0.2, -0.15) is 0 Å². The number of ketones is 1. The Morgan fingerprint density at radius 2 is 1.49 bits per heavy atom. The van der Waals surface area contributed by atoms with Crippen molar-refractivity contribution in [1.82, 2.24) is 0 Å². The zero-order valence-electron chi connectivity index (χ0n) is 19.9. The summed E-state index contributed by atoms with van der Waals surface area (Å²) < 4.78 is 16.5. The van der Waals surface area contributed by atoms with Crippen LogP contribution in [0.1, 0.15) is 31.0 Å². The number of carbonyl (C=O) groups excluding carboxylic acids is 2. The van der Waals surface area contributed by atoms with Crippen LogP contribution in [0.25, 0.3) is 5.76 Å². The van der Waals surface area contributed by atoms with Gasteiger partial charge in [-0.1, -0.05) is 30.3 Å². The number of amides is 1. The van der Waals surface area contributed by atoms with E-state index >= 15 is 0 Å². The molecule has 1 amide bonds. The topological polar surface area (TPSA) is 85.3 Å². The van der Waals surface area contributed by atoms with Gasteiger partial charge in [-0.05, 0) is 55.8 Å². The highest BCUT2D eigenvalue weighted by Gasteiger charge is 2.47. The smallest absolute Gasteiger partial charge is 0.300 e. The molecule has 1 heterocycles. The third kappa shape index (κ3) is 4.71. The first-order valence-corrected chi connectivity index (χ1v) is 11.4. The molecule has 7 nitrogen and oxygen atoms in total. The van der Waals surface area contributed by atoms with E-state index in [1.807, 2.05) is 13.8 Å². The molecule has 4 rings (SSSR count). The maximum absolute atomic E-state index is 13.4. The largest absolute Gasteiger partial charge is 0.507 e. The van der Waals surface area contributed by atoms with Gasteiger partial charge in [0.2, 0.25) is 0 Å². The zero-order valence-corrected chi connectivity index (χ0v) is 19.9. The van der Waals surface area contributed by atoms with Gasteiger partial charge in [0.1, 0.15) is 23.0 Å². The van der Waals surface area contributed by atoms with E-state index < -0.39 is 17.7 Å². The molecule has 1 aliphatic rings. The molecule has 7 heteroatoms. The lowest BCUT2D eigenvalue weighted by Gasteiger charge is -2.26. The van der Waals surface area contributed by atoms with E-state index in [-0.39, 0.29) is 11.3 Å². The van der Waals surface area contributed by atoms with Gasteiger partial charge in [0.15, 0.2) is 0 Å². The van der Waals surface area contributed by atoms with Gasteiger partial charge in [0.25, 0.3) is 11.7 Å². The van der Waals surface area contributed by atoms with Crippen molar-refractivity contribution in [2.45, 2.75) is 19.9 Å². The highest BCUT2D eigenvalue weighted by atomic mass is 16.5. The van der Waals surface area contributed by atoms with Crippen LogP contribution in [-0.4, -0.2) is 37.1 Å². The first-order chi connectivity index (χ1) is 17.0. The number of aliphatic hydroxyl groups is 1. The van der Waals surface area contributed by atoms with Crippen LogP contribution in [0.2, 0.25) is 0 Å². The van der Waals surface area contributed by atoms with Gasteiger partial charge in [0.05, 0.1) is 31.9 Å². The van der Waals surface area contributed by atoms with E-state index in [0.29, 0.717) is 47.3 Å². The Balaban J connectivity index is 1.93. The van der Waals surface area contributed by atoms with E-state index in [9.17, 15) is 14.7 Å².